The van der Waals surface area contributed by atoms with Crippen molar-refractivity contribution < 1.29 is 14.5 Å². The molecule has 24 heavy (non-hydrogen) atoms. The van der Waals surface area contributed by atoms with Gasteiger partial charge in [-0.25, -0.2) is 0 Å². The van der Waals surface area contributed by atoms with Gasteiger partial charge in [-0.1, -0.05) is 0 Å². The molecule has 1 aliphatic rings. The van der Waals surface area contributed by atoms with Crippen molar-refractivity contribution in [3.05, 3.63) is 34.4 Å². The summed E-state index contributed by atoms with van der Waals surface area (Å²) in [6, 6.07) is 6.13. The number of likely N-dealkylation sites (tertiary alicyclic amines) is 1. The average Bonchev–Trinajstić information content (AvgIpc) is 2.54. The van der Waals surface area contributed by atoms with Gasteiger partial charge >= 0.3 is 0 Å². The number of nitro groups is 1. The number of hydrogen-bond donors (Lipinski definition) is 1. The number of nitrogens with two attached hydrogens (primary N) is 1. The van der Waals surface area contributed by atoms with Crippen LogP contribution in [0.5, 0.6) is 5.75 Å². The van der Waals surface area contributed by atoms with E-state index in [9.17, 15) is 14.9 Å². The van der Waals surface area contributed by atoms with Crippen molar-refractivity contribution in [2.24, 2.45) is 5.73 Å². The van der Waals surface area contributed by atoms with E-state index < -0.39 is 4.92 Å². The van der Waals surface area contributed by atoms with Gasteiger partial charge < -0.3 is 15.4 Å². The molecule has 134 valence electrons. The topological polar surface area (TPSA) is 98.7 Å². The highest BCUT2D eigenvalue weighted by Gasteiger charge is 2.23. The molecule has 0 bridgehead atoms. The molecule has 2 N–H and O–H groups in total. The summed E-state index contributed by atoms with van der Waals surface area (Å²) < 4.78 is 5.84. The number of ether oxygens (including phenoxy) is 1. The molecule has 1 aromatic rings. The van der Waals surface area contributed by atoms with Crippen molar-refractivity contribution in [1.29, 1.82) is 0 Å². The molecule has 1 aromatic carbocycles. The van der Waals surface area contributed by atoms with Crippen molar-refractivity contribution in [2.45, 2.75) is 44.8 Å². The van der Waals surface area contributed by atoms with Crippen molar-refractivity contribution in [3.63, 3.8) is 0 Å². The lowest BCUT2D eigenvalue weighted by molar-refractivity contribution is -0.384. The number of benzene rings is 1. The summed E-state index contributed by atoms with van der Waals surface area (Å²) in [6.07, 6.45) is 2.76. The quantitative estimate of drug-likeness (QED) is 0.623. The lowest BCUT2D eigenvalue weighted by Gasteiger charge is -2.32. The van der Waals surface area contributed by atoms with Crippen molar-refractivity contribution in [2.75, 3.05) is 13.1 Å². The van der Waals surface area contributed by atoms with Crippen molar-refractivity contribution in [1.82, 2.24) is 4.90 Å². The normalized spacial score (nSPS) is 16.2. The lowest BCUT2D eigenvalue weighted by Crippen LogP contribution is -2.42. The summed E-state index contributed by atoms with van der Waals surface area (Å²) in [5.74, 6) is 0.772. The van der Waals surface area contributed by atoms with E-state index in [2.05, 4.69) is 0 Å². The third kappa shape index (κ3) is 5.98. The van der Waals surface area contributed by atoms with E-state index in [1.165, 1.54) is 12.1 Å². The first-order chi connectivity index (χ1) is 11.0. The fourth-order valence-electron chi connectivity index (χ4n) is 2.57. The van der Waals surface area contributed by atoms with Gasteiger partial charge in [-0.15, -0.1) is 12.4 Å². The summed E-state index contributed by atoms with van der Waals surface area (Å²) in [4.78, 5) is 24.1. The Kier molecular flexibility index (Phi) is 7.94. The van der Waals surface area contributed by atoms with Gasteiger partial charge in [0.15, 0.2) is 0 Å². The summed E-state index contributed by atoms with van der Waals surface area (Å²) in [5.41, 5.74) is 5.72. The molecule has 0 aromatic heterocycles. The van der Waals surface area contributed by atoms with Crippen molar-refractivity contribution >= 4 is 24.0 Å². The molecule has 0 saturated carbocycles. The van der Waals surface area contributed by atoms with Crippen LogP contribution in [0.3, 0.4) is 0 Å². The van der Waals surface area contributed by atoms with Crippen LogP contribution in [-0.4, -0.2) is 41.0 Å². The van der Waals surface area contributed by atoms with Crippen LogP contribution in [0.15, 0.2) is 24.3 Å². The summed E-state index contributed by atoms with van der Waals surface area (Å²) >= 11 is 0. The standard InChI is InChI=1S/C16H23N3O4.ClH/c1-12(17)2-7-16(20)18-10-8-15(9-11-18)23-14-5-3-13(4-6-14)19(21)22;/h3-6,12,15H,2,7-11,17H2,1H3;1H. The van der Waals surface area contributed by atoms with Gasteiger partial charge in [0.2, 0.25) is 5.91 Å². The highest BCUT2D eigenvalue weighted by molar-refractivity contribution is 5.85. The Morgan fingerprint density at radius 1 is 1.38 bits per heavy atom. The fourth-order valence-corrected chi connectivity index (χ4v) is 2.57. The molecule has 1 atom stereocenters. The Hall–Kier alpha value is -1.86. The van der Waals surface area contributed by atoms with Crippen LogP contribution in [-0.2, 0) is 4.79 Å². The third-order valence-corrected chi connectivity index (χ3v) is 3.96. The van der Waals surface area contributed by atoms with Gasteiger partial charge in [0, 0.05) is 50.5 Å². The van der Waals surface area contributed by atoms with Gasteiger partial charge in [0.25, 0.3) is 5.69 Å². The maximum Gasteiger partial charge on any atom is 0.269 e. The van der Waals surface area contributed by atoms with Gasteiger partial charge in [-0.2, -0.15) is 0 Å². The van der Waals surface area contributed by atoms with Crippen LogP contribution >= 0.6 is 12.4 Å². The Morgan fingerprint density at radius 3 is 2.46 bits per heavy atom. The minimum Gasteiger partial charge on any atom is -0.490 e. The first-order valence-corrected chi connectivity index (χ1v) is 7.90. The lowest BCUT2D eigenvalue weighted by atomic mass is 10.1. The molecule has 7 nitrogen and oxygen atoms in total. The Labute approximate surface area is 147 Å². The van der Waals surface area contributed by atoms with Crippen LogP contribution in [0, 0.1) is 10.1 Å². The summed E-state index contributed by atoms with van der Waals surface area (Å²) in [5, 5.41) is 10.6. The van der Waals surface area contributed by atoms with Crippen LogP contribution in [0.4, 0.5) is 5.69 Å². The SMILES string of the molecule is CC(N)CCC(=O)N1CCC(Oc2ccc([N+](=O)[O-])cc2)CC1.Cl. The van der Waals surface area contributed by atoms with E-state index in [0.717, 1.165) is 12.8 Å². The molecule has 1 unspecified atom stereocenters. The van der Waals surface area contributed by atoms with E-state index >= 15 is 0 Å². The van der Waals surface area contributed by atoms with E-state index in [-0.39, 0.29) is 36.1 Å². The average molecular weight is 358 g/mol. The summed E-state index contributed by atoms with van der Waals surface area (Å²) in [7, 11) is 0. The predicted octanol–water partition coefficient (Wildman–Crippen LogP) is 2.51. The molecular formula is C16H24ClN3O4. The number of rotatable bonds is 6. The van der Waals surface area contributed by atoms with Crippen LogP contribution in [0.25, 0.3) is 0 Å². The Bertz CT molecular complexity index is 543. The first kappa shape index (κ1) is 20.2. The Balaban J connectivity index is 0.00000288. The number of nitrogens with zero attached hydrogens (tertiary/aromatic N) is 2. The smallest absolute Gasteiger partial charge is 0.269 e. The van der Waals surface area contributed by atoms with E-state index in [1.54, 1.807) is 12.1 Å². The number of halogens is 1. The molecule has 0 spiro atoms. The molecule has 0 radical (unpaired) electrons. The molecular weight excluding hydrogens is 334 g/mol. The molecule has 1 aliphatic heterocycles. The molecule has 1 amide bonds. The number of nitro benzene ring substituents is 1. The van der Waals surface area contributed by atoms with Crippen molar-refractivity contribution in [3.8, 4) is 5.75 Å². The van der Waals surface area contributed by atoms with E-state index in [0.29, 0.717) is 31.7 Å². The third-order valence-electron chi connectivity index (χ3n) is 3.96. The maximum absolute atomic E-state index is 12.0. The molecule has 1 saturated heterocycles. The molecule has 0 aliphatic carbocycles. The number of carbonyl (C=O) groups is 1. The number of hydrogen-bond acceptors (Lipinski definition) is 5. The maximum atomic E-state index is 12.0. The minimum atomic E-state index is -0.434. The van der Waals surface area contributed by atoms with Gasteiger partial charge in [-0.05, 0) is 25.5 Å². The molecule has 1 heterocycles. The predicted molar refractivity (Wildman–Crippen MR) is 93.5 cm³/mol. The highest BCUT2D eigenvalue weighted by Crippen LogP contribution is 2.22. The molecule has 1 fully saturated rings. The van der Waals surface area contributed by atoms with Crippen LogP contribution in [0.2, 0.25) is 0 Å². The second-order valence-corrected chi connectivity index (χ2v) is 5.96. The molecule has 2 rings (SSSR count). The van der Waals surface area contributed by atoms with Crippen LogP contribution in [0.1, 0.15) is 32.6 Å². The highest BCUT2D eigenvalue weighted by atomic mass is 35.5. The number of amides is 1. The minimum absolute atomic E-state index is 0. The number of piperidine rings is 1. The largest absolute Gasteiger partial charge is 0.490 e. The monoisotopic (exact) mass is 357 g/mol. The number of carbonyl (C=O) groups excluding carboxylic acids is 1. The number of non-ortho nitro benzene ring substituents is 1. The second kappa shape index (κ2) is 9.44. The van der Waals surface area contributed by atoms with Gasteiger partial charge in [0.05, 0.1) is 4.92 Å². The zero-order valence-electron chi connectivity index (χ0n) is 13.7. The fraction of sp³-hybridized carbons (Fsp3) is 0.562. The Morgan fingerprint density at radius 2 is 1.96 bits per heavy atom. The first-order valence-electron chi connectivity index (χ1n) is 7.90. The zero-order valence-corrected chi connectivity index (χ0v) is 14.5. The van der Waals surface area contributed by atoms with Gasteiger partial charge in [0.1, 0.15) is 11.9 Å². The summed E-state index contributed by atoms with van der Waals surface area (Å²) in [6.45, 7) is 3.25. The van der Waals surface area contributed by atoms with E-state index in [4.69, 9.17) is 10.5 Å². The van der Waals surface area contributed by atoms with Crippen LogP contribution < -0.4 is 10.5 Å². The second-order valence-electron chi connectivity index (χ2n) is 5.96. The molecule has 8 heteroatoms. The zero-order chi connectivity index (χ0) is 16.8. The van der Waals surface area contributed by atoms with Gasteiger partial charge in [-0.3, -0.25) is 14.9 Å². The van der Waals surface area contributed by atoms with E-state index in [1.807, 2.05) is 11.8 Å².